The zero-order chi connectivity index (χ0) is 14.2. The molecule has 0 unspecified atom stereocenters. The van der Waals surface area contributed by atoms with Gasteiger partial charge in [-0.3, -0.25) is 9.98 Å². The van der Waals surface area contributed by atoms with E-state index in [2.05, 4.69) is 16.7 Å². The first kappa shape index (κ1) is 14.2. The molecule has 0 saturated heterocycles. The van der Waals surface area contributed by atoms with Gasteiger partial charge in [0.1, 0.15) is 0 Å². The first-order chi connectivity index (χ1) is 9.81. The highest BCUT2D eigenvalue weighted by Gasteiger charge is 2.03. The van der Waals surface area contributed by atoms with Crippen molar-refractivity contribution in [1.29, 1.82) is 0 Å². The molecule has 3 heteroatoms. The van der Waals surface area contributed by atoms with Crippen molar-refractivity contribution in [3.05, 3.63) is 76.8 Å². The summed E-state index contributed by atoms with van der Waals surface area (Å²) in [6.45, 7) is 4.16. The van der Waals surface area contributed by atoms with Crippen molar-refractivity contribution in [2.45, 2.75) is 6.54 Å². The van der Waals surface area contributed by atoms with Crippen LogP contribution in [0, 0.1) is 0 Å². The molecule has 2 rings (SSSR count). The molecule has 20 heavy (non-hydrogen) atoms. The fourth-order valence-electron chi connectivity index (χ4n) is 1.78. The van der Waals surface area contributed by atoms with Crippen LogP contribution in [0.3, 0.4) is 0 Å². The summed E-state index contributed by atoms with van der Waals surface area (Å²) in [6, 6.07) is 19.7. The lowest BCUT2D eigenvalue weighted by molar-refractivity contribution is 1.08. The Labute approximate surface area is 124 Å². The Kier molecular flexibility index (Phi) is 5.27. The van der Waals surface area contributed by atoms with Gasteiger partial charge in [-0.2, -0.15) is 0 Å². The second kappa shape index (κ2) is 7.41. The normalized spacial score (nSPS) is 12.2. The second-order valence-electron chi connectivity index (χ2n) is 4.18. The Bertz CT molecular complexity index is 616. The van der Waals surface area contributed by atoms with Crippen molar-refractivity contribution in [3.63, 3.8) is 0 Å². The van der Waals surface area contributed by atoms with E-state index in [1.165, 1.54) is 0 Å². The molecule has 0 N–H and O–H groups in total. The van der Waals surface area contributed by atoms with Crippen LogP contribution in [0.15, 0.2) is 75.7 Å². The first-order valence-electron chi connectivity index (χ1n) is 6.27. The largest absolute Gasteiger partial charge is 0.287 e. The number of nitrogens with zero attached hydrogens (tertiary/aromatic N) is 2. The average molecular weight is 283 g/mol. The SMILES string of the molecule is C=N/C(=C(/Cl)C=NCc1ccccc1)c1ccccc1. The molecule has 0 aliphatic heterocycles. The number of hydrogen-bond acceptors (Lipinski definition) is 2. The molecular formula is C17H15ClN2. The molecular weight excluding hydrogens is 268 g/mol. The maximum absolute atomic E-state index is 6.24. The van der Waals surface area contributed by atoms with Crippen LogP contribution in [0.1, 0.15) is 11.1 Å². The summed E-state index contributed by atoms with van der Waals surface area (Å²) in [5.41, 5.74) is 2.71. The van der Waals surface area contributed by atoms with Crippen molar-refractivity contribution in [3.8, 4) is 0 Å². The molecule has 2 aromatic rings. The highest BCUT2D eigenvalue weighted by Crippen LogP contribution is 2.21. The summed E-state index contributed by atoms with van der Waals surface area (Å²) in [7, 11) is 0. The van der Waals surface area contributed by atoms with Gasteiger partial charge in [0.2, 0.25) is 0 Å². The van der Waals surface area contributed by atoms with E-state index in [4.69, 9.17) is 11.6 Å². The molecule has 2 aromatic carbocycles. The van der Waals surface area contributed by atoms with Crippen LogP contribution in [0.5, 0.6) is 0 Å². The summed E-state index contributed by atoms with van der Waals surface area (Å²) in [5, 5.41) is 0.488. The Hall–Kier alpha value is -2.19. The number of benzene rings is 2. The van der Waals surface area contributed by atoms with E-state index < -0.39 is 0 Å². The number of halogens is 1. The van der Waals surface area contributed by atoms with Gasteiger partial charge in [-0.15, -0.1) is 0 Å². The van der Waals surface area contributed by atoms with Crippen LogP contribution in [-0.4, -0.2) is 12.9 Å². The van der Waals surface area contributed by atoms with Crippen molar-refractivity contribution >= 4 is 30.2 Å². The highest BCUT2D eigenvalue weighted by atomic mass is 35.5. The van der Waals surface area contributed by atoms with E-state index in [0.29, 0.717) is 17.3 Å². The summed E-state index contributed by atoms with van der Waals surface area (Å²) >= 11 is 6.24. The summed E-state index contributed by atoms with van der Waals surface area (Å²) < 4.78 is 0. The van der Waals surface area contributed by atoms with Crippen molar-refractivity contribution in [1.82, 2.24) is 0 Å². The van der Waals surface area contributed by atoms with Crippen LogP contribution in [0.4, 0.5) is 0 Å². The van der Waals surface area contributed by atoms with Gasteiger partial charge in [-0.1, -0.05) is 72.3 Å². The average Bonchev–Trinajstić information content (AvgIpc) is 2.50. The van der Waals surface area contributed by atoms with Crippen molar-refractivity contribution in [2.75, 3.05) is 0 Å². The maximum atomic E-state index is 6.24. The van der Waals surface area contributed by atoms with Crippen LogP contribution < -0.4 is 0 Å². The molecule has 0 spiro atoms. The fourth-order valence-corrected chi connectivity index (χ4v) is 2.01. The van der Waals surface area contributed by atoms with Gasteiger partial charge < -0.3 is 0 Å². The number of aliphatic imine (C=N–C) groups is 2. The summed E-state index contributed by atoms with van der Waals surface area (Å²) in [5.74, 6) is 0. The van der Waals surface area contributed by atoms with Crippen LogP contribution in [0.2, 0.25) is 0 Å². The van der Waals surface area contributed by atoms with Gasteiger partial charge in [-0.25, -0.2) is 0 Å². The van der Waals surface area contributed by atoms with Gasteiger partial charge in [0.15, 0.2) is 0 Å². The van der Waals surface area contributed by atoms with E-state index >= 15 is 0 Å². The van der Waals surface area contributed by atoms with Crippen LogP contribution in [-0.2, 0) is 6.54 Å². The third kappa shape index (κ3) is 3.90. The third-order valence-corrected chi connectivity index (χ3v) is 3.03. The molecule has 0 bridgehead atoms. The lowest BCUT2D eigenvalue weighted by Crippen LogP contribution is -1.87. The molecule has 0 aliphatic rings. The molecule has 0 aromatic heterocycles. The predicted molar refractivity (Wildman–Crippen MR) is 87.4 cm³/mol. The van der Waals surface area contributed by atoms with Crippen molar-refractivity contribution in [2.24, 2.45) is 9.98 Å². The molecule has 0 saturated carbocycles. The zero-order valence-electron chi connectivity index (χ0n) is 11.0. The molecule has 0 radical (unpaired) electrons. The van der Waals surface area contributed by atoms with E-state index in [-0.39, 0.29) is 0 Å². The molecule has 0 fully saturated rings. The summed E-state index contributed by atoms with van der Waals surface area (Å²) in [4.78, 5) is 8.32. The topological polar surface area (TPSA) is 24.7 Å². The van der Waals surface area contributed by atoms with Crippen molar-refractivity contribution < 1.29 is 0 Å². The van der Waals surface area contributed by atoms with Gasteiger partial charge >= 0.3 is 0 Å². The second-order valence-corrected chi connectivity index (χ2v) is 4.58. The van der Waals surface area contributed by atoms with E-state index in [0.717, 1.165) is 11.1 Å². The Balaban J connectivity index is 2.14. The van der Waals surface area contributed by atoms with E-state index in [1.54, 1.807) is 6.21 Å². The smallest absolute Gasteiger partial charge is 0.0896 e. The highest BCUT2D eigenvalue weighted by molar-refractivity contribution is 6.42. The maximum Gasteiger partial charge on any atom is 0.0896 e. The first-order valence-corrected chi connectivity index (χ1v) is 6.64. The van der Waals surface area contributed by atoms with Gasteiger partial charge in [0, 0.05) is 11.8 Å². The van der Waals surface area contributed by atoms with Gasteiger partial charge in [0.05, 0.1) is 17.3 Å². The van der Waals surface area contributed by atoms with Gasteiger partial charge in [-0.05, 0) is 12.3 Å². The molecule has 0 aliphatic carbocycles. The summed E-state index contributed by atoms with van der Waals surface area (Å²) in [6.07, 6.45) is 1.63. The quantitative estimate of drug-likeness (QED) is 0.718. The zero-order valence-corrected chi connectivity index (χ0v) is 11.8. The number of allylic oxidation sites excluding steroid dienone is 1. The Morgan fingerprint density at radius 3 is 2.20 bits per heavy atom. The third-order valence-electron chi connectivity index (χ3n) is 2.75. The molecule has 100 valence electrons. The standard InChI is InChI=1S/C17H15ClN2/c1-19-17(15-10-6-3-7-11-15)16(18)13-20-12-14-8-4-2-5-9-14/h2-11,13H,1,12H2/b17-16+,20-13?. The minimum atomic E-state index is 0.488. The van der Waals surface area contributed by atoms with Gasteiger partial charge in [0.25, 0.3) is 0 Å². The number of hydrogen-bond donors (Lipinski definition) is 0. The lowest BCUT2D eigenvalue weighted by atomic mass is 10.1. The predicted octanol–water partition coefficient (Wildman–Crippen LogP) is 4.57. The van der Waals surface area contributed by atoms with Crippen LogP contribution in [0.25, 0.3) is 5.70 Å². The molecule has 0 heterocycles. The molecule has 0 amide bonds. The lowest BCUT2D eigenvalue weighted by Gasteiger charge is -2.02. The molecule has 0 atom stereocenters. The van der Waals surface area contributed by atoms with E-state index in [1.807, 2.05) is 60.7 Å². The fraction of sp³-hybridized carbons (Fsp3) is 0.0588. The minimum absolute atomic E-state index is 0.488. The molecule has 2 nitrogen and oxygen atoms in total. The monoisotopic (exact) mass is 282 g/mol. The van der Waals surface area contributed by atoms with E-state index in [9.17, 15) is 0 Å². The Morgan fingerprint density at radius 2 is 1.60 bits per heavy atom. The number of rotatable bonds is 5. The van der Waals surface area contributed by atoms with Crippen LogP contribution >= 0.6 is 11.6 Å². The minimum Gasteiger partial charge on any atom is -0.287 e. The Morgan fingerprint density at radius 1 is 1.00 bits per heavy atom.